The molecular weight excluding hydrogens is 436 g/mol. The first-order valence-electron chi connectivity index (χ1n) is 11.1. The minimum Gasteiger partial charge on any atom is -0.438 e. The molecule has 2 aromatic heterocycles. The normalized spacial score (nSPS) is 14.9. The highest BCUT2D eigenvalue weighted by molar-refractivity contribution is 5.87. The minimum atomic E-state index is -0.486. The van der Waals surface area contributed by atoms with Crippen molar-refractivity contribution < 1.29 is 4.74 Å². The van der Waals surface area contributed by atoms with E-state index in [2.05, 4.69) is 11.1 Å². The molecule has 1 aliphatic rings. The van der Waals surface area contributed by atoms with Crippen LogP contribution in [0.5, 0.6) is 5.75 Å². The Labute approximate surface area is 201 Å². The number of nitrogen functional groups attached to an aromatic ring is 1. The van der Waals surface area contributed by atoms with Gasteiger partial charge in [-0.05, 0) is 30.3 Å². The molecule has 4 N–H and O–H groups in total. The number of nitrogens with two attached hydrogens (primary N) is 2. The monoisotopic (exact) mass is 456 g/mol. The Balaban J connectivity index is 1.64. The average molecular weight is 457 g/mol. The van der Waals surface area contributed by atoms with Gasteiger partial charge in [0.05, 0.1) is 17.3 Å². The van der Waals surface area contributed by atoms with Gasteiger partial charge in [0, 0.05) is 40.2 Å². The van der Waals surface area contributed by atoms with Crippen molar-refractivity contribution in [3.8, 4) is 28.8 Å². The molecule has 0 bridgehead atoms. The summed E-state index contributed by atoms with van der Waals surface area (Å²) >= 11 is 0. The van der Waals surface area contributed by atoms with Gasteiger partial charge in [-0.25, -0.2) is 4.68 Å². The predicted octanol–water partition coefficient (Wildman–Crippen LogP) is 4.89. The molecule has 1 unspecified atom stereocenters. The molecule has 7 heteroatoms. The molecule has 1 atom stereocenters. The number of hydrogen-bond donors (Lipinski definition) is 2. The summed E-state index contributed by atoms with van der Waals surface area (Å²) in [6.45, 7) is 0. The van der Waals surface area contributed by atoms with Crippen LogP contribution >= 0.6 is 0 Å². The smallest absolute Gasteiger partial charge is 0.205 e. The Hall–Kier alpha value is -5.09. The number of para-hydroxylation sites is 1. The van der Waals surface area contributed by atoms with Crippen LogP contribution in [-0.4, -0.2) is 14.8 Å². The van der Waals surface area contributed by atoms with Crippen LogP contribution in [0.4, 0.5) is 5.69 Å². The zero-order chi connectivity index (χ0) is 23.9. The molecule has 0 amide bonds. The quantitative estimate of drug-likeness (QED) is 0.374. The Kier molecular flexibility index (Phi) is 4.71. The maximum absolute atomic E-state index is 10.1. The average Bonchev–Trinajstić information content (AvgIpc) is 3.34. The van der Waals surface area contributed by atoms with E-state index in [9.17, 15) is 5.26 Å². The van der Waals surface area contributed by atoms with Gasteiger partial charge in [-0.3, -0.25) is 4.98 Å². The van der Waals surface area contributed by atoms with E-state index in [-0.39, 0.29) is 5.88 Å². The lowest BCUT2D eigenvalue weighted by Gasteiger charge is -2.26. The number of nitriles is 1. The molecule has 6 rings (SSSR count). The molecule has 7 nitrogen and oxygen atoms in total. The van der Waals surface area contributed by atoms with Gasteiger partial charge in [0.25, 0.3) is 0 Å². The summed E-state index contributed by atoms with van der Waals surface area (Å²) in [6.07, 6.45) is 3.67. The predicted molar refractivity (Wildman–Crippen MR) is 134 cm³/mol. The molecule has 3 heterocycles. The van der Waals surface area contributed by atoms with Crippen molar-refractivity contribution in [3.05, 3.63) is 114 Å². The highest BCUT2D eigenvalue weighted by Crippen LogP contribution is 2.47. The van der Waals surface area contributed by atoms with Crippen LogP contribution in [0.2, 0.25) is 0 Å². The first kappa shape index (κ1) is 20.5. The second kappa shape index (κ2) is 8.04. The maximum Gasteiger partial charge on any atom is 0.205 e. The van der Waals surface area contributed by atoms with Crippen molar-refractivity contribution in [2.45, 2.75) is 5.92 Å². The van der Waals surface area contributed by atoms with Gasteiger partial charge in [-0.1, -0.05) is 48.5 Å². The topological polar surface area (TPSA) is 116 Å². The molecule has 3 aromatic carbocycles. The second-order valence-corrected chi connectivity index (χ2v) is 8.32. The summed E-state index contributed by atoms with van der Waals surface area (Å²) in [7, 11) is 0. The third kappa shape index (κ3) is 3.36. The molecular formula is C28H20N6O. The van der Waals surface area contributed by atoms with Gasteiger partial charge in [0.1, 0.15) is 17.2 Å². The Morgan fingerprint density at radius 3 is 2.46 bits per heavy atom. The summed E-state index contributed by atoms with van der Waals surface area (Å²) in [5, 5.41) is 16.0. The largest absolute Gasteiger partial charge is 0.438 e. The fourth-order valence-corrected chi connectivity index (χ4v) is 4.55. The molecule has 168 valence electrons. The van der Waals surface area contributed by atoms with Crippen molar-refractivity contribution in [1.82, 2.24) is 14.8 Å². The number of anilines is 1. The Morgan fingerprint density at radius 2 is 1.69 bits per heavy atom. The number of rotatable bonds is 3. The van der Waals surface area contributed by atoms with Gasteiger partial charge in [0.15, 0.2) is 5.75 Å². The number of benzene rings is 3. The van der Waals surface area contributed by atoms with Gasteiger partial charge in [-0.15, -0.1) is 0 Å². The first-order chi connectivity index (χ1) is 17.1. The number of nitrogens with zero attached hydrogens (tertiary/aromatic N) is 4. The number of pyridine rings is 1. The third-order valence-electron chi connectivity index (χ3n) is 6.21. The van der Waals surface area contributed by atoms with Crippen molar-refractivity contribution in [2.75, 3.05) is 5.73 Å². The zero-order valence-electron chi connectivity index (χ0n) is 18.6. The molecule has 0 spiro atoms. The van der Waals surface area contributed by atoms with Crippen molar-refractivity contribution >= 4 is 16.6 Å². The fraction of sp³-hybridized carbons (Fsp3) is 0.0357. The van der Waals surface area contributed by atoms with Crippen molar-refractivity contribution in [1.29, 1.82) is 5.26 Å². The van der Waals surface area contributed by atoms with E-state index in [1.54, 1.807) is 6.20 Å². The SMILES string of the molecule is N#CC1=C(N)Oc2c(ccc3cccnc23)C1c1cn(-c2ccccc2)nc1-c1ccc(N)cc1. The molecule has 0 radical (unpaired) electrons. The van der Waals surface area contributed by atoms with Gasteiger partial charge in [-0.2, -0.15) is 10.4 Å². The van der Waals surface area contributed by atoms with E-state index in [1.165, 1.54) is 0 Å². The van der Waals surface area contributed by atoms with E-state index in [0.29, 0.717) is 22.5 Å². The van der Waals surface area contributed by atoms with Crippen molar-refractivity contribution in [3.63, 3.8) is 0 Å². The summed E-state index contributed by atoms with van der Waals surface area (Å²) in [5.74, 6) is 0.138. The summed E-state index contributed by atoms with van der Waals surface area (Å²) in [6, 6.07) is 27.4. The standard InChI is InChI=1S/C28H20N6O/c29-15-22-24(21-13-10-17-5-4-14-32-26(17)27(21)35-28(22)31)23-16-34(20-6-2-1-3-7-20)33-25(23)18-8-11-19(30)12-9-18/h1-14,16,24H,30-31H2. The first-order valence-corrected chi connectivity index (χ1v) is 11.1. The van der Waals surface area contributed by atoms with E-state index in [0.717, 1.165) is 33.5 Å². The molecule has 0 fully saturated rings. The summed E-state index contributed by atoms with van der Waals surface area (Å²) < 4.78 is 7.80. The van der Waals surface area contributed by atoms with Gasteiger partial charge in [0.2, 0.25) is 5.88 Å². The number of fused-ring (bicyclic) bond motifs is 3. The molecule has 0 saturated heterocycles. The zero-order valence-corrected chi connectivity index (χ0v) is 18.6. The van der Waals surface area contributed by atoms with Crippen LogP contribution in [0.1, 0.15) is 17.0 Å². The molecule has 0 aliphatic carbocycles. The Morgan fingerprint density at radius 1 is 0.886 bits per heavy atom. The number of aromatic nitrogens is 3. The van der Waals surface area contributed by atoms with Gasteiger partial charge >= 0.3 is 0 Å². The second-order valence-electron chi connectivity index (χ2n) is 8.32. The third-order valence-corrected chi connectivity index (χ3v) is 6.21. The minimum absolute atomic E-state index is 0.0684. The van der Waals surface area contributed by atoms with Crippen LogP contribution in [-0.2, 0) is 0 Å². The van der Waals surface area contributed by atoms with Gasteiger partial charge < -0.3 is 16.2 Å². The van der Waals surface area contributed by atoms with E-state index >= 15 is 0 Å². The molecule has 1 aliphatic heterocycles. The lowest BCUT2D eigenvalue weighted by Crippen LogP contribution is -2.21. The highest BCUT2D eigenvalue weighted by atomic mass is 16.5. The van der Waals surface area contributed by atoms with E-state index < -0.39 is 5.92 Å². The van der Waals surface area contributed by atoms with Crippen LogP contribution in [0.3, 0.4) is 0 Å². The van der Waals surface area contributed by atoms with Crippen LogP contribution < -0.4 is 16.2 Å². The van der Waals surface area contributed by atoms with Crippen LogP contribution in [0.25, 0.3) is 27.8 Å². The number of ether oxygens (including phenoxy) is 1. The highest BCUT2D eigenvalue weighted by Gasteiger charge is 2.35. The van der Waals surface area contributed by atoms with E-state index in [4.69, 9.17) is 21.3 Å². The number of hydrogen-bond acceptors (Lipinski definition) is 6. The molecule has 5 aromatic rings. The lowest BCUT2D eigenvalue weighted by molar-refractivity contribution is 0.397. The molecule has 35 heavy (non-hydrogen) atoms. The fourth-order valence-electron chi connectivity index (χ4n) is 4.55. The van der Waals surface area contributed by atoms with E-state index in [1.807, 2.05) is 89.7 Å². The van der Waals surface area contributed by atoms with Crippen LogP contribution in [0, 0.1) is 11.3 Å². The summed E-state index contributed by atoms with van der Waals surface area (Å²) in [4.78, 5) is 4.53. The Bertz CT molecular complexity index is 1650. The summed E-state index contributed by atoms with van der Waals surface area (Å²) in [5.41, 5.74) is 18.1. The number of allylic oxidation sites excluding steroid dienone is 1. The molecule has 0 saturated carbocycles. The van der Waals surface area contributed by atoms with Crippen LogP contribution in [0.15, 0.2) is 103 Å². The maximum atomic E-state index is 10.1. The van der Waals surface area contributed by atoms with Crippen molar-refractivity contribution in [2.24, 2.45) is 5.73 Å². The lowest BCUT2D eigenvalue weighted by atomic mass is 9.82.